The van der Waals surface area contributed by atoms with Crippen molar-refractivity contribution in [1.29, 1.82) is 0 Å². The number of rotatable bonds is 8. The van der Waals surface area contributed by atoms with Gasteiger partial charge in [0.2, 0.25) is 11.9 Å². The van der Waals surface area contributed by atoms with Gasteiger partial charge < -0.3 is 4.90 Å². The number of likely N-dealkylation sites (tertiary alicyclic amines) is 1. The molecule has 32 heavy (non-hydrogen) atoms. The lowest BCUT2D eigenvalue weighted by Gasteiger charge is -2.32. The minimum atomic E-state index is 0.0236. The Bertz CT molecular complexity index is 973. The van der Waals surface area contributed by atoms with Crippen molar-refractivity contribution in [3.63, 3.8) is 0 Å². The van der Waals surface area contributed by atoms with Crippen molar-refractivity contribution in [3.05, 3.63) is 36.0 Å². The molecule has 3 rings (SSSR count). The van der Waals surface area contributed by atoms with Crippen LogP contribution in [0.3, 0.4) is 0 Å². The van der Waals surface area contributed by atoms with E-state index in [2.05, 4.69) is 65.0 Å². The summed E-state index contributed by atoms with van der Waals surface area (Å²) in [5.41, 5.74) is 2.93. The standard InChI is InChI=1S/C26H37N5O/c1-6-19(5)27-15-20(7-2)22-8-9-23-16-28-26(29-24(23)14-22)30-25(32)21-10-12-31(13-11-21)17-18(3)4/h7-9,14-16,18-19,21H,6,10-13,17H2,1-5H3,(H,28,29,30,32)/b20-7+,27-15?. The maximum absolute atomic E-state index is 12.8. The molecule has 1 atom stereocenters. The van der Waals surface area contributed by atoms with Crippen LogP contribution in [0.5, 0.6) is 0 Å². The van der Waals surface area contributed by atoms with Crippen LogP contribution >= 0.6 is 0 Å². The summed E-state index contributed by atoms with van der Waals surface area (Å²) in [6, 6.07) is 6.41. The molecular formula is C26H37N5O. The number of fused-ring (bicyclic) bond motifs is 1. The lowest BCUT2D eigenvalue weighted by molar-refractivity contribution is -0.121. The van der Waals surface area contributed by atoms with E-state index in [-0.39, 0.29) is 11.8 Å². The lowest BCUT2D eigenvalue weighted by Crippen LogP contribution is -2.39. The third-order valence-electron chi connectivity index (χ3n) is 6.10. The number of nitrogens with one attached hydrogen (secondary N) is 1. The zero-order valence-corrected chi connectivity index (χ0v) is 20.1. The highest BCUT2D eigenvalue weighted by atomic mass is 16.2. The van der Waals surface area contributed by atoms with Crippen LogP contribution in [0.4, 0.5) is 5.95 Å². The molecule has 0 spiro atoms. The number of benzene rings is 1. The number of piperidine rings is 1. The molecule has 0 bridgehead atoms. The smallest absolute Gasteiger partial charge is 0.229 e. The summed E-state index contributed by atoms with van der Waals surface area (Å²) in [5.74, 6) is 1.08. The number of aromatic nitrogens is 2. The molecule has 1 unspecified atom stereocenters. The zero-order valence-electron chi connectivity index (χ0n) is 20.1. The van der Waals surface area contributed by atoms with Crippen LogP contribution < -0.4 is 5.32 Å². The van der Waals surface area contributed by atoms with Gasteiger partial charge in [0, 0.05) is 36.3 Å². The number of nitrogens with zero attached hydrogens (tertiary/aromatic N) is 4. The molecule has 6 nitrogen and oxygen atoms in total. The number of carbonyl (C=O) groups is 1. The predicted octanol–water partition coefficient (Wildman–Crippen LogP) is 5.21. The Hall–Kier alpha value is -2.60. The van der Waals surface area contributed by atoms with Gasteiger partial charge in [0.05, 0.1) is 5.52 Å². The van der Waals surface area contributed by atoms with Crippen molar-refractivity contribution in [2.75, 3.05) is 25.0 Å². The fraction of sp³-hybridized carbons (Fsp3) is 0.538. The van der Waals surface area contributed by atoms with E-state index in [0.29, 0.717) is 17.9 Å². The van der Waals surface area contributed by atoms with Crippen LogP contribution in [0, 0.1) is 11.8 Å². The molecule has 0 saturated carbocycles. The molecule has 1 aromatic carbocycles. The van der Waals surface area contributed by atoms with Crippen LogP contribution in [-0.2, 0) is 4.79 Å². The number of hydrogen-bond donors (Lipinski definition) is 1. The molecule has 1 aliphatic rings. The van der Waals surface area contributed by atoms with Crippen molar-refractivity contribution in [3.8, 4) is 0 Å². The molecule has 1 saturated heterocycles. The van der Waals surface area contributed by atoms with Crippen molar-refractivity contribution in [2.45, 2.75) is 59.9 Å². The van der Waals surface area contributed by atoms with Gasteiger partial charge in [-0.15, -0.1) is 0 Å². The number of carbonyl (C=O) groups excluding carboxylic acids is 1. The first-order chi connectivity index (χ1) is 15.4. The second-order valence-electron chi connectivity index (χ2n) is 9.20. The molecule has 6 heteroatoms. The Balaban J connectivity index is 1.69. The third kappa shape index (κ3) is 6.45. The maximum atomic E-state index is 12.8. The second-order valence-corrected chi connectivity index (χ2v) is 9.20. The Morgan fingerprint density at radius 3 is 2.69 bits per heavy atom. The fourth-order valence-corrected chi connectivity index (χ4v) is 4.00. The van der Waals surface area contributed by atoms with Crippen LogP contribution in [0.1, 0.15) is 59.4 Å². The summed E-state index contributed by atoms with van der Waals surface area (Å²) in [4.78, 5) is 28.9. The van der Waals surface area contributed by atoms with E-state index in [4.69, 9.17) is 0 Å². The third-order valence-corrected chi connectivity index (χ3v) is 6.10. The van der Waals surface area contributed by atoms with Gasteiger partial charge in [-0.05, 0) is 69.3 Å². The van der Waals surface area contributed by atoms with Gasteiger partial charge in [-0.25, -0.2) is 9.97 Å². The number of anilines is 1. The number of amides is 1. The van der Waals surface area contributed by atoms with E-state index in [1.54, 1.807) is 6.20 Å². The highest BCUT2D eigenvalue weighted by molar-refractivity contribution is 6.10. The minimum absolute atomic E-state index is 0.0236. The highest BCUT2D eigenvalue weighted by Gasteiger charge is 2.25. The molecule has 2 heterocycles. The van der Waals surface area contributed by atoms with Crippen molar-refractivity contribution < 1.29 is 4.79 Å². The number of allylic oxidation sites excluding steroid dienone is 2. The monoisotopic (exact) mass is 435 g/mol. The minimum Gasteiger partial charge on any atom is -0.303 e. The van der Waals surface area contributed by atoms with Gasteiger partial charge >= 0.3 is 0 Å². The van der Waals surface area contributed by atoms with Gasteiger partial charge in [0.25, 0.3) is 0 Å². The molecular weight excluding hydrogens is 398 g/mol. The first kappa shape index (κ1) is 24.1. The molecule has 0 aliphatic carbocycles. The van der Waals surface area contributed by atoms with E-state index >= 15 is 0 Å². The van der Waals surface area contributed by atoms with Gasteiger partial charge in [-0.2, -0.15) is 0 Å². The summed E-state index contributed by atoms with van der Waals surface area (Å²) >= 11 is 0. The SMILES string of the molecule is C/C=C(\C=NC(C)CC)c1ccc2cnc(NC(=O)C3CCN(CC(C)C)CC3)nc2c1. The van der Waals surface area contributed by atoms with Crippen molar-refractivity contribution >= 4 is 34.5 Å². The van der Waals surface area contributed by atoms with E-state index in [1.165, 1.54) is 0 Å². The van der Waals surface area contributed by atoms with Crippen LogP contribution in [0.25, 0.3) is 16.5 Å². The molecule has 1 fully saturated rings. The molecule has 2 aromatic rings. The number of hydrogen-bond acceptors (Lipinski definition) is 5. The second kappa shape index (κ2) is 11.3. The summed E-state index contributed by atoms with van der Waals surface area (Å²) in [6.07, 6.45) is 8.55. The van der Waals surface area contributed by atoms with Crippen molar-refractivity contribution in [2.24, 2.45) is 16.8 Å². The maximum Gasteiger partial charge on any atom is 0.229 e. The molecule has 172 valence electrons. The van der Waals surface area contributed by atoms with Gasteiger partial charge in [-0.3, -0.25) is 15.1 Å². The Morgan fingerprint density at radius 1 is 1.28 bits per heavy atom. The molecule has 1 amide bonds. The highest BCUT2D eigenvalue weighted by Crippen LogP contribution is 2.22. The molecule has 1 N–H and O–H groups in total. The fourth-order valence-electron chi connectivity index (χ4n) is 4.00. The summed E-state index contributed by atoms with van der Waals surface area (Å²) in [7, 11) is 0. The summed E-state index contributed by atoms with van der Waals surface area (Å²) in [6.45, 7) is 13.8. The van der Waals surface area contributed by atoms with Crippen LogP contribution in [0.15, 0.2) is 35.5 Å². The quantitative estimate of drug-likeness (QED) is 0.578. The molecule has 0 radical (unpaired) electrons. The average molecular weight is 436 g/mol. The Morgan fingerprint density at radius 2 is 2.03 bits per heavy atom. The van der Waals surface area contributed by atoms with E-state index in [9.17, 15) is 4.79 Å². The first-order valence-electron chi connectivity index (χ1n) is 11.9. The summed E-state index contributed by atoms with van der Waals surface area (Å²) < 4.78 is 0. The molecule has 1 aromatic heterocycles. The number of aliphatic imine (C=N–C) groups is 1. The van der Waals surface area contributed by atoms with Crippen LogP contribution in [-0.4, -0.2) is 52.7 Å². The van der Waals surface area contributed by atoms with Gasteiger partial charge in [0.15, 0.2) is 0 Å². The predicted molar refractivity (Wildman–Crippen MR) is 134 cm³/mol. The van der Waals surface area contributed by atoms with E-state index in [1.807, 2.05) is 25.3 Å². The topological polar surface area (TPSA) is 70.5 Å². The largest absolute Gasteiger partial charge is 0.303 e. The Labute approximate surface area is 192 Å². The van der Waals surface area contributed by atoms with Gasteiger partial charge in [0.1, 0.15) is 0 Å². The summed E-state index contributed by atoms with van der Waals surface area (Å²) in [5, 5.41) is 3.90. The van der Waals surface area contributed by atoms with Crippen LogP contribution in [0.2, 0.25) is 0 Å². The van der Waals surface area contributed by atoms with Crippen molar-refractivity contribution in [1.82, 2.24) is 14.9 Å². The first-order valence-corrected chi connectivity index (χ1v) is 11.9. The van der Waals surface area contributed by atoms with Gasteiger partial charge in [-0.1, -0.05) is 39.0 Å². The average Bonchev–Trinajstić information content (AvgIpc) is 2.79. The van der Waals surface area contributed by atoms with E-state index < -0.39 is 0 Å². The van der Waals surface area contributed by atoms with E-state index in [0.717, 1.165) is 60.9 Å². The normalized spacial score (nSPS) is 17.4. The Kier molecular flexibility index (Phi) is 8.51. The molecule has 1 aliphatic heterocycles. The lowest BCUT2D eigenvalue weighted by atomic mass is 9.95. The zero-order chi connectivity index (χ0) is 23.1.